The van der Waals surface area contributed by atoms with Gasteiger partial charge in [-0.15, -0.1) is 0 Å². The predicted molar refractivity (Wildman–Crippen MR) is 55.1 cm³/mol. The first kappa shape index (κ1) is 8.77. The quantitative estimate of drug-likeness (QED) is 0.527. The second-order valence-corrected chi connectivity index (χ2v) is 3.50. The Hall–Kier alpha value is -0.810. The Bertz CT molecular complexity index is 331. The second kappa shape index (κ2) is 3.51. The number of fused-ring (bicyclic) bond motifs is 1. The van der Waals surface area contributed by atoms with E-state index in [1.165, 1.54) is 5.69 Å². The van der Waals surface area contributed by atoms with Crippen molar-refractivity contribution >= 4 is 19.0 Å². The van der Waals surface area contributed by atoms with E-state index in [4.69, 9.17) is 0 Å². The Labute approximate surface area is 82.8 Å². The topological polar surface area (TPSA) is 33.4 Å². The van der Waals surface area contributed by atoms with Gasteiger partial charge in [-0.3, -0.25) is 9.58 Å². The summed E-state index contributed by atoms with van der Waals surface area (Å²) in [6.45, 7) is 2.99. The third-order valence-corrected chi connectivity index (χ3v) is 2.31. The lowest BCUT2D eigenvalue weighted by molar-refractivity contribution is 0.259. The van der Waals surface area contributed by atoms with Crippen LogP contribution in [0.1, 0.15) is 11.4 Å². The van der Waals surface area contributed by atoms with E-state index in [2.05, 4.69) is 40.3 Å². The summed E-state index contributed by atoms with van der Waals surface area (Å²) in [4.78, 5) is 2.28. The molecule has 70 valence electrons. The molecule has 0 fully saturated rings. The highest BCUT2D eigenvalue weighted by atomic mass is 32.1. The van der Waals surface area contributed by atoms with Crippen LogP contribution >= 0.6 is 12.8 Å². The van der Waals surface area contributed by atoms with E-state index >= 15 is 0 Å². The van der Waals surface area contributed by atoms with Crippen molar-refractivity contribution in [2.24, 2.45) is 4.40 Å². The van der Waals surface area contributed by atoms with E-state index in [0.29, 0.717) is 0 Å². The zero-order valence-electron chi connectivity index (χ0n) is 7.51. The summed E-state index contributed by atoms with van der Waals surface area (Å²) >= 11 is 3.78. The minimum absolute atomic E-state index is 0.889. The fourth-order valence-electron chi connectivity index (χ4n) is 1.54. The maximum absolute atomic E-state index is 4.37. The van der Waals surface area contributed by atoms with Gasteiger partial charge in [0.1, 0.15) is 5.69 Å². The van der Waals surface area contributed by atoms with Crippen molar-refractivity contribution in [2.45, 2.75) is 13.1 Å². The van der Waals surface area contributed by atoms with Crippen molar-refractivity contribution in [2.75, 3.05) is 13.6 Å². The van der Waals surface area contributed by atoms with Gasteiger partial charge in [-0.2, -0.15) is 5.10 Å². The van der Waals surface area contributed by atoms with Gasteiger partial charge in [-0.05, 0) is 25.9 Å². The van der Waals surface area contributed by atoms with Crippen molar-refractivity contribution in [3.63, 3.8) is 0 Å². The predicted octanol–water partition coefficient (Wildman–Crippen LogP) is 0.592. The zero-order valence-corrected chi connectivity index (χ0v) is 8.41. The summed E-state index contributed by atoms with van der Waals surface area (Å²) < 4.78 is 5.68. The summed E-state index contributed by atoms with van der Waals surface area (Å²) in [5.74, 6) is 0. The van der Waals surface area contributed by atoms with Gasteiger partial charge in [0, 0.05) is 13.1 Å². The molecule has 1 aliphatic rings. The Kier molecular flexibility index (Phi) is 2.37. The maximum Gasteiger partial charge on any atom is 0.104 e. The monoisotopic (exact) mass is 196 g/mol. The standard InChI is InChI=1S/C8H12N4S/c1-11-2-3-12-8(6-11)4-7(10-12)5-9-13/h4-5,13H,2-3,6H2,1H3. The molecule has 2 rings (SSSR count). The molecule has 4 nitrogen and oxygen atoms in total. The van der Waals surface area contributed by atoms with Crippen LogP contribution in [-0.4, -0.2) is 34.5 Å². The molecule has 0 atom stereocenters. The fraction of sp³-hybridized carbons (Fsp3) is 0.500. The van der Waals surface area contributed by atoms with Crippen LogP contribution < -0.4 is 0 Å². The smallest absolute Gasteiger partial charge is 0.104 e. The van der Waals surface area contributed by atoms with Crippen molar-refractivity contribution in [1.82, 2.24) is 14.7 Å². The number of likely N-dealkylation sites (N-methyl/N-ethyl adjacent to an activating group) is 1. The highest BCUT2D eigenvalue weighted by molar-refractivity contribution is 7.78. The van der Waals surface area contributed by atoms with Crippen LogP contribution in [0.4, 0.5) is 0 Å². The third kappa shape index (κ3) is 1.76. The highest BCUT2D eigenvalue weighted by Crippen LogP contribution is 2.10. The molecule has 0 bridgehead atoms. The Morgan fingerprint density at radius 1 is 1.62 bits per heavy atom. The molecule has 0 radical (unpaired) electrons. The van der Waals surface area contributed by atoms with E-state index < -0.39 is 0 Å². The fourth-order valence-corrected chi connectivity index (χ4v) is 1.66. The molecular formula is C8H12N4S. The van der Waals surface area contributed by atoms with Gasteiger partial charge >= 0.3 is 0 Å². The first-order valence-electron chi connectivity index (χ1n) is 4.22. The molecule has 0 N–H and O–H groups in total. The summed E-state index contributed by atoms with van der Waals surface area (Å²) in [5, 5.41) is 4.37. The first-order valence-corrected chi connectivity index (χ1v) is 4.62. The molecular weight excluding hydrogens is 184 g/mol. The van der Waals surface area contributed by atoms with E-state index in [1.807, 2.05) is 4.68 Å². The molecule has 0 unspecified atom stereocenters. The third-order valence-electron chi connectivity index (χ3n) is 2.20. The molecule has 2 heterocycles. The number of hydrogen-bond donors (Lipinski definition) is 1. The average molecular weight is 196 g/mol. The molecule has 0 spiro atoms. The van der Waals surface area contributed by atoms with Gasteiger partial charge in [0.25, 0.3) is 0 Å². The summed E-state index contributed by atoms with van der Waals surface area (Å²) in [6.07, 6.45) is 1.66. The van der Waals surface area contributed by atoms with Gasteiger partial charge in [0.05, 0.1) is 18.5 Å². The van der Waals surface area contributed by atoms with E-state index in [9.17, 15) is 0 Å². The largest absolute Gasteiger partial charge is 0.299 e. The van der Waals surface area contributed by atoms with Crippen LogP contribution in [0.5, 0.6) is 0 Å². The minimum atomic E-state index is 0.889. The summed E-state index contributed by atoms with van der Waals surface area (Å²) in [6, 6.07) is 2.05. The number of nitrogens with zero attached hydrogens (tertiary/aromatic N) is 4. The lowest BCUT2D eigenvalue weighted by Gasteiger charge is -2.22. The van der Waals surface area contributed by atoms with Crippen LogP contribution in [0.3, 0.4) is 0 Å². The molecule has 0 saturated carbocycles. The van der Waals surface area contributed by atoms with Gasteiger partial charge in [-0.25, -0.2) is 4.40 Å². The minimum Gasteiger partial charge on any atom is -0.299 e. The van der Waals surface area contributed by atoms with Crippen molar-refractivity contribution < 1.29 is 0 Å². The number of hydrogen-bond acceptors (Lipinski definition) is 4. The Morgan fingerprint density at radius 2 is 2.46 bits per heavy atom. The van der Waals surface area contributed by atoms with Crippen LogP contribution in [0, 0.1) is 0 Å². The van der Waals surface area contributed by atoms with Crippen LogP contribution in [0.25, 0.3) is 0 Å². The average Bonchev–Trinajstić information content (AvgIpc) is 2.46. The molecule has 0 aromatic carbocycles. The molecule has 1 aliphatic heterocycles. The van der Waals surface area contributed by atoms with Crippen molar-refractivity contribution in [3.05, 3.63) is 17.5 Å². The van der Waals surface area contributed by atoms with Crippen LogP contribution in [-0.2, 0) is 13.1 Å². The first-order chi connectivity index (χ1) is 6.29. The van der Waals surface area contributed by atoms with Gasteiger partial charge in [0.15, 0.2) is 0 Å². The Balaban J connectivity index is 2.28. The molecule has 1 aromatic heterocycles. The Morgan fingerprint density at radius 3 is 3.23 bits per heavy atom. The van der Waals surface area contributed by atoms with Crippen LogP contribution in [0.2, 0.25) is 0 Å². The molecule has 0 aliphatic carbocycles. The van der Waals surface area contributed by atoms with Crippen LogP contribution in [0.15, 0.2) is 10.5 Å². The molecule has 0 amide bonds. The normalized spacial score (nSPS) is 18.0. The SMILES string of the molecule is CN1CCn2nc(C=NS)cc2C1. The molecule has 1 aromatic rings. The zero-order chi connectivity index (χ0) is 9.26. The van der Waals surface area contributed by atoms with Gasteiger partial charge in [0.2, 0.25) is 0 Å². The second-order valence-electron chi connectivity index (χ2n) is 3.27. The lowest BCUT2D eigenvalue weighted by atomic mass is 10.3. The number of rotatable bonds is 1. The van der Waals surface area contributed by atoms with Gasteiger partial charge in [-0.1, -0.05) is 0 Å². The number of thiol groups is 1. The van der Waals surface area contributed by atoms with E-state index in [-0.39, 0.29) is 0 Å². The summed E-state index contributed by atoms with van der Waals surface area (Å²) in [5.41, 5.74) is 2.14. The van der Waals surface area contributed by atoms with Crippen molar-refractivity contribution in [1.29, 1.82) is 0 Å². The van der Waals surface area contributed by atoms with E-state index in [0.717, 1.165) is 25.3 Å². The maximum atomic E-state index is 4.37. The molecule has 13 heavy (non-hydrogen) atoms. The summed E-state index contributed by atoms with van der Waals surface area (Å²) in [7, 11) is 2.11. The van der Waals surface area contributed by atoms with E-state index in [1.54, 1.807) is 6.21 Å². The number of aromatic nitrogens is 2. The van der Waals surface area contributed by atoms with Crippen molar-refractivity contribution in [3.8, 4) is 0 Å². The van der Waals surface area contributed by atoms with Gasteiger partial charge < -0.3 is 0 Å². The highest BCUT2D eigenvalue weighted by Gasteiger charge is 2.14. The molecule has 5 heteroatoms. The molecule has 0 saturated heterocycles. The lowest BCUT2D eigenvalue weighted by Crippen LogP contribution is -2.30.